The molecule has 1 aromatic carbocycles. The number of likely N-dealkylation sites (N-methyl/N-ethyl adjacent to an activating group) is 2. The SMILES string of the molecule is CC[C@H]1OC(=O)[C@H](C)[C@@H](O[C@H]2C[C@@](C)(OC)[C@@H](O)[C@H](C)O2)[C@H](C)[C@@H](O[C@@H]2O[C@H](C)C[C@H](N(C)Cc3cn(C[C@H]4CN(c5ccc(N6CCOCC6)c(F)c5)C(=O)O4)nn3)[C@H]2O)[C@](C)(O)C[C@@H](C)CN(C)[C@H](C)[C@@H](O)[C@]1(C)O. The van der Waals surface area contributed by atoms with Crippen molar-refractivity contribution in [2.45, 2.75) is 204 Å². The molecule has 5 N–H and O–H groups in total. The van der Waals surface area contributed by atoms with Crippen molar-refractivity contribution in [3.05, 3.63) is 35.9 Å². The first-order chi connectivity index (χ1) is 36.2. The van der Waals surface area contributed by atoms with Crippen molar-refractivity contribution in [1.82, 2.24) is 24.8 Å². The standard InChI is InChI=1S/C54H88FN7O15/c1-14-42-54(10,69)46(64)34(6)58(11)25-30(2)23-52(8,68)48(32(4)45(33(5)49(66)75-42)76-43-24-53(9,70-13)47(65)35(7)73-43)77-50-44(63)41(21-31(3)72-50)59(12)26-36-27-61(57-56-36)28-38-29-62(51(67)74-38)37-15-16-40(39(55)22-37)60-17-19-71-20-18-60/h15-16,22,27,30-35,38,41-48,50,63-65,68-69H,14,17-21,23-26,28-29H2,1-13H3/t30-,31-,32+,33-,34-,35+,38+,41+,42-,43+,44-,45+,46-,47+,48-,50+,52-,53-,54-/m1/s1. The molecule has 77 heavy (non-hydrogen) atoms. The number of rotatable bonds is 13. The van der Waals surface area contributed by atoms with Crippen molar-refractivity contribution in [2.24, 2.45) is 17.8 Å². The van der Waals surface area contributed by atoms with E-state index in [1.807, 2.05) is 42.6 Å². The Morgan fingerprint density at radius 1 is 0.935 bits per heavy atom. The molecule has 0 saturated carbocycles. The molecule has 0 spiro atoms. The molecule has 1 amide bonds. The summed E-state index contributed by atoms with van der Waals surface area (Å²) in [5.74, 6) is -3.36. The van der Waals surface area contributed by atoms with E-state index in [1.165, 1.54) is 25.0 Å². The Morgan fingerprint density at radius 2 is 1.64 bits per heavy atom. The molecule has 19 atom stereocenters. The van der Waals surface area contributed by atoms with Crippen LogP contribution in [-0.2, 0) is 55.8 Å². The summed E-state index contributed by atoms with van der Waals surface area (Å²) in [6.07, 6.45) is -9.15. The normalized spacial score (nSPS) is 40.5. The molecule has 1 aromatic heterocycles. The second kappa shape index (κ2) is 25.0. The zero-order chi connectivity index (χ0) is 56.5. The first-order valence-corrected chi connectivity index (χ1v) is 27.4. The summed E-state index contributed by atoms with van der Waals surface area (Å²) in [5.41, 5.74) is -3.22. The largest absolute Gasteiger partial charge is 0.459 e. The van der Waals surface area contributed by atoms with E-state index in [2.05, 4.69) is 10.3 Å². The molecule has 6 heterocycles. The number of benzene rings is 1. The second-order valence-electron chi connectivity index (χ2n) is 23.4. The van der Waals surface area contributed by atoms with Crippen molar-refractivity contribution in [3.8, 4) is 0 Å². The minimum atomic E-state index is -1.86. The van der Waals surface area contributed by atoms with Crippen LogP contribution in [-0.4, -0.2) is 219 Å². The van der Waals surface area contributed by atoms with Gasteiger partial charge in [0.25, 0.3) is 0 Å². The summed E-state index contributed by atoms with van der Waals surface area (Å²) >= 11 is 0. The number of hydrogen-bond acceptors (Lipinski definition) is 20. The number of aliphatic hydroxyl groups is 5. The van der Waals surface area contributed by atoms with Gasteiger partial charge in [-0.2, -0.15) is 0 Å². The van der Waals surface area contributed by atoms with Gasteiger partial charge in [-0.15, -0.1) is 5.10 Å². The van der Waals surface area contributed by atoms with Gasteiger partial charge < -0.3 is 73.2 Å². The van der Waals surface area contributed by atoms with E-state index >= 15 is 4.39 Å². The summed E-state index contributed by atoms with van der Waals surface area (Å²) < 4.78 is 66.3. The third-order valence-corrected chi connectivity index (χ3v) is 17.0. The topological polar surface area (TPSA) is 253 Å². The molecule has 7 rings (SSSR count). The monoisotopic (exact) mass is 1090 g/mol. The summed E-state index contributed by atoms with van der Waals surface area (Å²) in [6.45, 7) is 20.5. The van der Waals surface area contributed by atoms with E-state index in [0.29, 0.717) is 56.3 Å². The average molecular weight is 1090 g/mol. The molecule has 0 aliphatic carbocycles. The van der Waals surface area contributed by atoms with Gasteiger partial charge in [0.05, 0.1) is 84.9 Å². The van der Waals surface area contributed by atoms with Crippen LogP contribution >= 0.6 is 0 Å². The fraction of sp³-hybridized carbons (Fsp3) is 0.815. The second-order valence-corrected chi connectivity index (χ2v) is 23.4. The number of cyclic esters (lactones) is 2. The lowest BCUT2D eigenvalue weighted by molar-refractivity contribution is -0.318. The lowest BCUT2D eigenvalue weighted by Gasteiger charge is -2.49. The highest BCUT2D eigenvalue weighted by molar-refractivity contribution is 5.90. The van der Waals surface area contributed by atoms with Gasteiger partial charge in [-0.1, -0.05) is 26.0 Å². The van der Waals surface area contributed by atoms with Gasteiger partial charge in [0.1, 0.15) is 41.9 Å². The number of amides is 1. The number of halogens is 1. The molecule has 2 aromatic rings. The van der Waals surface area contributed by atoms with Crippen LogP contribution in [0.4, 0.5) is 20.6 Å². The Bertz CT molecular complexity index is 2280. The van der Waals surface area contributed by atoms with Crippen LogP contribution in [0.5, 0.6) is 0 Å². The number of morpholine rings is 1. The van der Waals surface area contributed by atoms with Gasteiger partial charge in [0.15, 0.2) is 12.6 Å². The van der Waals surface area contributed by atoms with Crippen LogP contribution in [0.1, 0.15) is 101 Å². The number of nitrogens with zero attached hydrogens (tertiary/aromatic N) is 7. The Labute approximate surface area is 452 Å². The number of methoxy groups -OCH3 is 1. The predicted molar refractivity (Wildman–Crippen MR) is 279 cm³/mol. The van der Waals surface area contributed by atoms with Crippen molar-refractivity contribution in [1.29, 1.82) is 0 Å². The molecule has 5 aliphatic heterocycles. The van der Waals surface area contributed by atoms with Gasteiger partial charge in [0.2, 0.25) is 0 Å². The maximum atomic E-state index is 15.3. The predicted octanol–water partition coefficient (Wildman–Crippen LogP) is 3.06. The van der Waals surface area contributed by atoms with E-state index in [0.717, 1.165) is 0 Å². The highest BCUT2D eigenvalue weighted by Crippen LogP contribution is 2.41. The molecule has 0 radical (unpaired) electrons. The number of carbonyl (C=O) groups excluding carboxylic acids is 2. The highest BCUT2D eigenvalue weighted by Gasteiger charge is 2.53. The van der Waals surface area contributed by atoms with Crippen LogP contribution in [0.25, 0.3) is 0 Å². The Hall–Kier alpha value is -3.69. The number of esters is 1. The number of carbonyl (C=O) groups is 2. The third-order valence-electron chi connectivity index (χ3n) is 17.0. The molecule has 23 heteroatoms. The lowest BCUT2D eigenvalue weighted by atomic mass is 9.77. The number of anilines is 2. The van der Waals surface area contributed by atoms with Gasteiger partial charge >= 0.3 is 12.1 Å². The molecule has 22 nitrogen and oxygen atoms in total. The number of aliphatic hydroxyl groups excluding tert-OH is 3. The fourth-order valence-corrected chi connectivity index (χ4v) is 12.3. The van der Waals surface area contributed by atoms with Crippen LogP contribution in [0, 0.1) is 23.6 Å². The quantitative estimate of drug-likeness (QED) is 0.181. The van der Waals surface area contributed by atoms with E-state index in [1.54, 1.807) is 71.5 Å². The molecular formula is C54H88FN7O15. The van der Waals surface area contributed by atoms with E-state index < -0.39 is 126 Å². The first-order valence-electron chi connectivity index (χ1n) is 27.4. The van der Waals surface area contributed by atoms with Gasteiger partial charge in [-0.3, -0.25) is 14.6 Å². The Balaban J connectivity index is 1.10. The molecular weight excluding hydrogens is 1010 g/mol. The van der Waals surface area contributed by atoms with E-state index in [9.17, 15) is 35.1 Å². The third kappa shape index (κ3) is 13.7. The molecule has 0 unspecified atom stereocenters. The van der Waals surface area contributed by atoms with Crippen molar-refractivity contribution >= 4 is 23.4 Å². The van der Waals surface area contributed by atoms with Crippen LogP contribution < -0.4 is 9.80 Å². The summed E-state index contributed by atoms with van der Waals surface area (Å²) in [5, 5.41) is 68.6. The zero-order valence-corrected chi connectivity index (χ0v) is 47.4. The van der Waals surface area contributed by atoms with Crippen molar-refractivity contribution in [2.75, 3.05) is 70.4 Å². The van der Waals surface area contributed by atoms with Crippen LogP contribution in [0.3, 0.4) is 0 Å². The number of hydrogen-bond donors (Lipinski definition) is 5. The van der Waals surface area contributed by atoms with E-state index in [4.69, 9.17) is 37.9 Å². The zero-order valence-electron chi connectivity index (χ0n) is 47.4. The van der Waals surface area contributed by atoms with Gasteiger partial charge in [0, 0.05) is 63.9 Å². The Morgan fingerprint density at radius 3 is 2.30 bits per heavy atom. The number of aromatic nitrogens is 3. The summed E-state index contributed by atoms with van der Waals surface area (Å²) in [7, 11) is 5.15. The molecule has 5 fully saturated rings. The summed E-state index contributed by atoms with van der Waals surface area (Å²) in [4.78, 5) is 34.7. The average Bonchev–Trinajstić information content (AvgIpc) is 3.99. The summed E-state index contributed by atoms with van der Waals surface area (Å²) in [6, 6.07) is 3.57. The molecule has 5 saturated heterocycles. The lowest BCUT2D eigenvalue weighted by Crippen LogP contribution is -2.60. The van der Waals surface area contributed by atoms with Gasteiger partial charge in [-0.05, 0) is 106 Å². The molecule has 436 valence electrons. The fourth-order valence-electron chi connectivity index (χ4n) is 12.3. The molecule has 0 bridgehead atoms. The van der Waals surface area contributed by atoms with Gasteiger partial charge in [-0.25, -0.2) is 13.9 Å². The highest BCUT2D eigenvalue weighted by atomic mass is 19.1. The Kier molecular flexibility index (Phi) is 19.8. The minimum absolute atomic E-state index is 0.0750. The van der Waals surface area contributed by atoms with Crippen LogP contribution in [0.15, 0.2) is 24.4 Å². The number of ether oxygens (including phenoxy) is 8. The van der Waals surface area contributed by atoms with Crippen molar-refractivity contribution < 1.29 is 77.4 Å². The maximum absolute atomic E-state index is 15.3. The molecule has 5 aliphatic rings. The maximum Gasteiger partial charge on any atom is 0.414 e. The van der Waals surface area contributed by atoms with Crippen LogP contribution in [0.2, 0.25) is 0 Å². The van der Waals surface area contributed by atoms with Crippen molar-refractivity contribution in [3.63, 3.8) is 0 Å². The first kappa shape index (κ1) is 60.9. The van der Waals surface area contributed by atoms with E-state index in [-0.39, 0.29) is 44.8 Å². The smallest absolute Gasteiger partial charge is 0.414 e. The minimum Gasteiger partial charge on any atom is -0.459 e.